The van der Waals surface area contributed by atoms with Crippen molar-refractivity contribution in [3.8, 4) is 17.1 Å². The maximum Gasteiger partial charge on any atom is 0.410 e. The number of ether oxygens (including phenoxy) is 2. The van der Waals surface area contributed by atoms with E-state index in [0.29, 0.717) is 24.4 Å². The number of carbonyl (C=O) groups is 2. The van der Waals surface area contributed by atoms with Gasteiger partial charge in [-0.1, -0.05) is 24.3 Å². The van der Waals surface area contributed by atoms with Gasteiger partial charge in [0, 0.05) is 30.2 Å². The zero-order valence-corrected chi connectivity index (χ0v) is 16.7. The van der Waals surface area contributed by atoms with Gasteiger partial charge < -0.3 is 14.4 Å². The summed E-state index contributed by atoms with van der Waals surface area (Å²) in [5.74, 6) is 0.497. The Hall–Kier alpha value is -2.89. The second-order valence-corrected chi connectivity index (χ2v) is 7.96. The van der Waals surface area contributed by atoms with Crippen LogP contribution in [0.5, 0.6) is 5.88 Å². The molecule has 3 rings (SSSR count). The Bertz CT molecular complexity index is 860. The molecule has 1 aliphatic rings. The predicted octanol–water partition coefficient (Wildman–Crippen LogP) is 4.34. The first-order valence-electron chi connectivity index (χ1n) is 9.46. The van der Waals surface area contributed by atoms with E-state index in [0.717, 1.165) is 17.5 Å². The number of benzene rings is 1. The number of likely N-dealkylation sites (tertiary alicyclic amines) is 1. The van der Waals surface area contributed by atoms with Crippen molar-refractivity contribution in [2.24, 2.45) is 0 Å². The Morgan fingerprint density at radius 2 is 1.96 bits per heavy atom. The number of nitrogens with zero attached hydrogens (tertiary/aromatic N) is 2. The second kappa shape index (κ2) is 8.00. The molecule has 6 heteroatoms. The Labute approximate surface area is 165 Å². The third-order valence-electron chi connectivity index (χ3n) is 4.63. The molecule has 6 nitrogen and oxygen atoms in total. The molecule has 1 fully saturated rings. The van der Waals surface area contributed by atoms with Crippen LogP contribution in [0.4, 0.5) is 4.79 Å². The van der Waals surface area contributed by atoms with Gasteiger partial charge in [-0.3, -0.25) is 4.79 Å². The highest BCUT2D eigenvalue weighted by Crippen LogP contribution is 2.26. The van der Waals surface area contributed by atoms with Crippen molar-refractivity contribution < 1.29 is 19.1 Å². The summed E-state index contributed by atoms with van der Waals surface area (Å²) in [4.78, 5) is 29.7. The summed E-state index contributed by atoms with van der Waals surface area (Å²) in [7, 11) is 0. The van der Waals surface area contributed by atoms with Crippen LogP contribution in [-0.4, -0.2) is 46.6 Å². The van der Waals surface area contributed by atoms with Crippen molar-refractivity contribution in [2.75, 3.05) is 6.54 Å². The van der Waals surface area contributed by atoms with E-state index in [1.807, 2.05) is 52.0 Å². The van der Waals surface area contributed by atoms with Gasteiger partial charge in [0.2, 0.25) is 5.88 Å². The SMILES string of the molecule is C[C@H]1[C@@H](Oc2cccc(-c3cccc(C=O)c3)n2)CCN1C(=O)OC(C)(C)C. The van der Waals surface area contributed by atoms with Gasteiger partial charge in [0.25, 0.3) is 0 Å². The molecule has 1 amide bonds. The number of hydrogen-bond acceptors (Lipinski definition) is 5. The Kier molecular flexibility index (Phi) is 5.68. The molecule has 28 heavy (non-hydrogen) atoms. The number of aromatic nitrogens is 1. The predicted molar refractivity (Wildman–Crippen MR) is 106 cm³/mol. The fourth-order valence-corrected chi connectivity index (χ4v) is 3.22. The molecule has 0 radical (unpaired) electrons. The molecular weight excluding hydrogens is 356 g/mol. The molecule has 0 spiro atoms. The molecule has 1 saturated heterocycles. The Morgan fingerprint density at radius 3 is 2.68 bits per heavy atom. The number of hydrogen-bond donors (Lipinski definition) is 0. The Morgan fingerprint density at radius 1 is 1.21 bits per heavy atom. The van der Waals surface area contributed by atoms with E-state index in [-0.39, 0.29) is 18.2 Å². The number of pyridine rings is 1. The van der Waals surface area contributed by atoms with Gasteiger partial charge in [0.05, 0.1) is 11.7 Å². The molecule has 0 aliphatic carbocycles. The van der Waals surface area contributed by atoms with E-state index in [9.17, 15) is 9.59 Å². The number of aldehydes is 1. The lowest BCUT2D eigenvalue weighted by atomic mass is 10.1. The number of rotatable bonds is 4. The van der Waals surface area contributed by atoms with Crippen LogP contribution in [0.3, 0.4) is 0 Å². The molecule has 0 bridgehead atoms. The van der Waals surface area contributed by atoms with Crippen LogP contribution in [0.2, 0.25) is 0 Å². The first-order valence-corrected chi connectivity index (χ1v) is 9.46. The molecular formula is C22H26N2O4. The summed E-state index contributed by atoms with van der Waals surface area (Å²) >= 11 is 0. The van der Waals surface area contributed by atoms with E-state index in [1.54, 1.807) is 23.1 Å². The normalized spacial score (nSPS) is 19.4. The minimum absolute atomic E-state index is 0.112. The van der Waals surface area contributed by atoms with Crippen LogP contribution in [0, 0.1) is 0 Å². The molecule has 1 aromatic carbocycles. The van der Waals surface area contributed by atoms with Crippen LogP contribution in [0.25, 0.3) is 11.3 Å². The minimum atomic E-state index is -0.526. The smallest absolute Gasteiger partial charge is 0.410 e. The number of carbonyl (C=O) groups excluding carboxylic acids is 2. The van der Waals surface area contributed by atoms with Gasteiger partial charge >= 0.3 is 6.09 Å². The Balaban J connectivity index is 1.71. The van der Waals surface area contributed by atoms with Crippen LogP contribution in [0.15, 0.2) is 42.5 Å². The average Bonchev–Trinajstić information content (AvgIpc) is 3.01. The van der Waals surface area contributed by atoms with Crippen LogP contribution in [-0.2, 0) is 4.74 Å². The summed E-state index contributed by atoms with van der Waals surface area (Å²) in [6, 6.07) is 12.7. The fraction of sp³-hybridized carbons (Fsp3) is 0.409. The van der Waals surface area contributed by atoms with Gasteiger partial charge in [-0.2, -0.15) is 0 Å². The molecule has 0 unspecified atom stereocenters. The quantitative estimate of drug-likeness (QED) is 0.736. The van der Waals surface area contributed by atoms with E-state index in [2.05, 4.69) is 4.98 Å². The third-order valence-corrected chi connectivity index (χ3v) is 4.63. The fourth-order valence-electron chi connectivity index (χ4n) is 3.22. The highest BCUT2D eigenvalue weighted by Gasteiger charge is 2.37. The van der Waals surface area contributed by atoms with Crippen molar-refractivity contribution in [1.82, 2.24) is 9.88 Å². The first-order chi connectivity index (χ1) is 13.3. The first kappa shape index (κ1) is 19.9. The van der Waals surface area contributed by atoms with Crippen molar-refractivity contribution >= 4 is 12.4 Å². The summed E-state index contributed by atoms with van der Waals surface area (Å²) in [6.07, 6.45) is 1.05. The zero-order valence-electron chi connectivity index (χ0n) is 16.7. The molecule has 1 aromatic heterocycles. The lowest BCUT2D eigenvalue weighted by Gasteiger charge is -2.28. The van der Waals surface area contributed by atoms with Gasteiger partial charge in [0.15, 0.2) is 0 Å². The van der Waals surface area contributed by atoms with E-state index >= 15 is 0 Å². The largest absolute Gasteiger partial charge is 0.472 e. The van der Waals surface area contributed by atoms with Gasteiger partial charge in [-0.05, 0) is 39.8 Å². The standard InChI is InChI=1S/C22H26N2O4/c1-15-19(11-12-24(15)21(26)28-22(2,3)4)27-20-10-6-9-18(23-20)17-8-5-7-16(13-17)14-25/h5-10,13-15,19H,11-12H2,1-4H3/t15-,19-/m0/s1. The van der Waals surface area contributed by atoms with E-state index in [4.69, 9.17) is 9.47 Å². The maximum absolute atomic E-state index is 12.4. The minimum Gasteiger partial charge on any atom is -0.472 e. The molecule has 0 N–H and O–H groups in total. The van der Waals surface area contributed by atoms with Gasteiger partial charge in [-0.15, -0.1) is 0 Å². The lowest BCUT2D eigenvalue weighted by Crippen LogP contribution is -2.42. The van der Waals surface area contributed by atoms with Crippen molar-refractivity contribution in [3.63, 3.8) is 0 Å². The molecule has 2 atom stereocenters. The van der Waals surface area contributed by atoms with Crippen LogP contribution in [0.1, 0.15) is 44.5 Å². The van der Waals surface area contributed by atoms with Crippen LogP contribution >= 0.6 is 0 Å². The highest BCUT2D eigenvalue weighted by molar-refractivity contribution is 5.78. The topological polar surface area (TPSA) is 68.7 Å². The summed E-state index contributed by atoms with van der Waals surface area (Å²) in [6.45, 7) is 8.11. The molecule has 2 heterocycles. The number of amides is 1. The van der Waals surface area contributed by atoms with Crippen LogP contribution < -0.4 is 4.74 Å². The van der Waals surface area contributed by atoms with E-state index in [1.165, 1.54) is 0 Å². The third kappa shape index (κ3) is 4.68. The highest BCUT2D eigenvalue weighted by atomic mass is 16.6. The van der Waals surface area contributed by atoms with Gasteiger partial charge in [-0.25, -0.2) is 9.78 Å². The maximum atomic E-state index is 12.4. The van der Waals surface area contributed by atoms with Crippen molar-refractivity contribution in [2.45, 2.75) is 51.9 Å². The summed E-state index contributed by atoms with van der Waals surface area (Å²) < 4.78 is 11.6. The lowest BCUT2D eigenvalue weighted by molar-refractivity contribution is 0.0190. The van der Waals surface area contributed by atoms with Gasteiger partial charge in [0.1, 0.15) is 18.0 Å². The zero-order chi connectivity index (χ0) is 20.3. The summed E-state index contributed by atoms with van der Waals surface area (Å²) in [5, 5.41) is 0. The second-order valence-electron chi connectivity index (χ2n) is 7.96. The monoisotopic (exact) mass is 382 g/mol. The van der Waals surface area contributed by atoms with Crippen molar-refractivity contribution in [3.05, 3.63) is 48.0 Å². The summed E-state index contributed by atoms with van der Waals surface area (Å²) in [5.41, 5.74) is 1.66. The molecule has 2 aromatic rings. The molecule has 1 aliphatic heterocycles. The van der Waals surface area contributed by atoms with E-state index < -0.39 is 5.60 Å². The molecule has 0 saturated carbocycles. The molecule has 148 valence electrons. The van der Waals surface area contributed by atoms with Crippen molar-refractivity contribution in [1.29, 1.82) is 0 Å². The average molecular weight is 382 g/mol.